The molecule has 1 unspecified atom stereocenters. The molecule has 1 aliphatic heterocycles. The fourth-order valence-electron chi connectivity index (χ4n) is 2.85. The minimum absolute atomic E-state index is 0.777. The van der Waals surface area contributed by atoms with Crippen LogP contribution in [0.3, 0.4) is 0 Å². The fraction of sp³-hybridized carbons (Fsp3) is 0.438. The lowest BCUT2D eigenvalue weighted by Gasteiger charge is -2.19. The smallest absolute Gasteiger partial charge is 0.109 e. The van der Waals surface area contributed by atoms with Crippen molar-refractivity contribution in [2.24, 2.45) is 5.92 Å². The summed E-state index contributed by atoms with van der Waals surface area (Å²) in [6, 6.07) is 6.60. The summed E-state index contributed by atoms with van der Waals surface area (Å²) < 4.78 is 2.34. The van der Waals surface area contributed by atoms with Crippen molar-refractivity contribution in [3.8, 4) is 11.3 Å². The highest BCUT2D eigenvalue weighted by molar-refractivity contribution is 5.63. The molecule has 0 amide bonds. The molecule has 0 saturated carbocycles. The van der Waals surface area contributed by atoms with E-state index in [2.05, 4.69) is 49.7 Å². The molecule has 1 atom stereocenters. The van der Waals surface area contributed by atoms with Gasteiger partial charge < -0.3 is 4.57 Å². The Kier molecular flexibility index (Phi) is 2.73. The van der Waals surface area contributed by atoms with E-state index >= 15 is 0 Å². The molecule has 0 radical (unpaired) electrons. The van der Waals surface area contributed by atoms with Crippen molar-refractivity contribution in [3.63, 3.8) is 0 Å². The van der Waals surface area contributed by atoms with Gasteiger partial charge in [0.2, 0.25) is 0 Å². The average molecular weight is 240 g/mol. The number of benzene rings is 1. The van der Waals surface area contributed by atoms with Gasteiger partial charge in [0.15, 0.2) is 0 Å². The summed E-state index contributed by atoms with van der Waals surface area (Å²) >= 11 is 0. The Hall–Kier alpha value is -1.57. The molecule has 94 valence electrons. The lowest BCUT2D eigenvalue weighted by Crippen LogP contribution is -2.17. The van der Waals surface area contributed by atoms with Gasteiger partial charge in [0, 0.05) is 24.7 Å². The Bertz CT molecular complexity index is 581. The van der Waals surface area contributed by atoms with Crippen LogP contribution in [0.4, 0.5) is 0 Å². The average Bonchev–Trinajstić information content (AvgIpc) is 2.71. The molecule has 2 aromatic rings. The van der Waals surface area contributed by atoms with E-state index in [0.717, 1.165) is 24.6 Å². The highest BCUT2D eigenvalue weighted by Crippen LogP contribution is 2.27. The lowest BCUT2D eigenvalue weighted by molar-refractivity contribution is 0.394. The van der Waals surface area contributed by atoms with E-state index in [1.165, 1.54) is 28.9 Å². The van der Waals surface area contributed by atoms with Crippen molar-refractivity contribution in [1.82, 2.24) is 9.55 Å². The maximum atomic E-state index is 4.81. The molecule has 1 aromatic carbocycles. The van der Waals surface area contributed by atoms with Crippen LogP contribution < -0.4 is 0 Å². The minimum atomic E-state index is 0.777. The molecule has 1 aromatic heterocycles. The van der Waals surface area contributed by atoms with Crippen LogP contribution in [0.5, 0.6) is 0 Å². The molecule has 0 spiro atoms. The zero-order valence-corrected chi connectivity index (χ0v) is 11.4. The third-order valence-electron chi connectivity index (χ3n) is 3.89. The first-order valence-electron chi connectivity index (χ1n) is 6.77. The summed E-state index contributed by atoms with van der Waals surface area (Å²) in [5, 5.41) is 0. The van der Waals surface area contributed by atoms with Crippen molar-refractivity contribution < 1.29 is 0 Å². The Labute approximate surface area is 109 Å². The van der Waals surface area contributed by atoms with E-state index in [1.54, 1.807) is 0 Å². The molecule has 2 nitrogen and oxygen atoms in total. The summed E-state index contributed by atoms with van der Waals surface area (Å²) in [5.41, 5.74) is 5.04. The maximum absolute atomic E-state index is 4.81. The molecule has 0 aliphatic carbocycles. The second-order valence-electron chi connectivity index (χ2n) is 5.66. The molecule has 0 saturated heterocycles. The van der Waals surface area contributed by atoms with Crippen LogP contribution >= 0.6 is 0 Å². The third kappa shape index (κ3) is 1.96. The minimum Gasteiger partial charge on any atom is -0.334 e. The number of rotatable bonds is 1. The molecule has 0 bridgehead atoms. The first-order valence-corrected chi connectivity index (χ1v) is 6.77. The molecule has 18 heavy (non-hydrogen) atoms. The van der Waals surface area contributed by atoms with E-state index in [-0.39, 0.29) is 0 Å². The van der Waals surface area contributed by atoms with Crippen LogP contribution in [-0.4, -0.2) is 9.55 Å². The van der Waals surface area contributed by atoms with Gasteiger partial charge in [0.25, 0.3) is 0 Å². The first-order chi connectivity index (χ1) is 8.63. The Balaban J connectivity index is 2.02. The van der Waals surface area contributed by atoms with E-state index in [4.69, 9.17) is 4.98 Å². The normalized spacial score (nSPS) is 18.7. The lowest BCUT2D eigenvalue weighted by atomic mass is 10.0. The van der Waals surface area contributed by atoms with E-state index < -0.39 is 0 Å². The predicted octanol–water partition coefficient (Wildman–Crippen LogP) is 3.75. The quantitative estimate of drug-likeness (QED) is 0.742. The van der Waals surface area contributed by atoms with Crippen LogP contribution in [-0.2, 0) is 13.0 Å². The number of imidazole rings is 1. The molecule has 0 fully saturated rings. The Morgan fingerprint density at radius 2 is 2.11 bits per heavy atom. The molecule has 0 N–H and O–H groups in total. The largest absolute Gasteiger partial charge is 0.334 e. The number of nitrogens with zero attached hydrogens (tertiary/aromatic N) is 2. The van der Waals surface area contributed by atoms with Crippen molar-refractivity contribution in [2.45, 2.75) is 40.2 Å². The summed E-state index contributed by atoms with van der Waals surface area (Å²) in [6.45, 7) is 7.74. The van der Waals surface area contributed by atoms with Gasteiger partial charge in [-0.15, -0.1) is 0 Å². The van der Waals surface area contributed by atoms with Crippen LogP contribution in [0.2, 0.25) is 0 Å². The van der Waals surface area contributed by atoms with Crippen LogP contribution in [0.15, 0.2) is 24.4 Å². The van der Waals surface area contributed by atoms with Gasteiger partial charge >= 0.3 is 0 Å². The molecular formula is C16H20N2. The van der Waals surface area contributed by atoms with Gasteiger partial charge in [-0.2, -0.15) is 0 Å². The molecule has 3 rings (SSSR count). The Morgan fingerprint density at radius 1 is 1.28 bits per heavy atom. The summed E-state index contributed by atoms with van der Waals surface area (Å²) in [5.74, 6) is 2.03. The number of hydrogen-bond donors (Lipinski definition) is 0. The second kappa shape index (κ2) is 4.27. The van der Waals surface area contributed by atoms with Crippen molar-refractivity contribution in [3.05, 3.63) is 41.3 Å². The van der Waals surface area contributed by atoms with Gasteiger partial charge in [-0.25, -0.2) is 4.98 Å². The molecule has 1 aliphatic rings. The Morgan fingerprint density at radius 3 is 2.89 bits per heavy atom. The van der Waals surface area contributed by atoms with Gasteiger partial charge in [-0.3, -0.25) is 0 Å². The highest BCUT2D eigenvalue weighted by Gasteiger charge is 2.18. The monoisotopic (exact) mass is 240 g/mol. The third-order valence-corrected chi connectivity index (χ3v) is 3.89. The number of hydrogen-bond acceptors (Lipinski definition) is 1. The summed E-state index contributed by atoms with van der Waals surface area (Å²) in [7, 11) is 0. The van der Waals surface area contributed by atoms with Crippen molar-refractivity contribution in [2.75, 3.05) is 0 Å². The van der Waals surface area contributed by atoms with E-state index in [0.29, 0.717) is 0 Å². The van der Waals surface area contributed by atoms with Gasteiger partial charge in [0.05, 0.1) is 5.69 Å². The van der Waals surface area contributed by atoms with Gasteiger partial charge in [-0.05, 0) is 31.7 Å². The maximum Gasteiger partial charge on any atom is 0.109 e. The van der Waals surface area contributed by atoms with Gasteiger partial charge in [0.1, 0.15) is 5.82 Å². The molecule has 2 heterocycles. The van der Waals surface area contributed by atoms with Crippen LogP contribution in [0.1, 0.15) is 30.3 Å². The predicted molar refractivity (Wildman–Crippen MR) is 74.6 cm³/mol. The fourth-order valence-corrected chi connectivity index (χ4v) is 2.85. The summed E-state index contributed by atoms with van der Waals surface area (Å²) in [6.07, 6.45) is 4.61. The number of aryl methyl sites for hydroxylation is 3. The van der Waals surface area contributed by atoms with Crippen molar-refractivity contribution in [1.29, 1.82) is 0 Å². The van der Waals surface area contributed by atoms with Crippen LogP contribution in [0.25, 0.3) is 11.3 Å². The second-order valence-corrected chi connectivity index (χ2v) is 5.66. The number of fused-ring (bicyclic) bond motifs is 1. The number of aromatic nitrogens is 2. The SMILES string of the molecule is Cc1ccc(-c2cn3c(n2)CCC(C)C3)c(C)c1. The highest BCUT2D eigenvalue weighted by atomic mass is 15.1. The molecular weight excluding hydrogens is 220 g/mol. The first kappa shape index (κ1) is 11.5. The van der Waals surface area contributed by atoms with E-state index in [1.807, 2.05) is 0 Å². The van der Waals surface area contributed by atoms with E-state index in [9.17, 15) is 0 Å². The topological polar surface area (TPSA) is 17.8 Å². The standard InChI is InChI=1S/C16H20N2/c1-11-4-6-14(13(3)8-11)15-10-18-9-12(2)5-7-16(18)17-15/h4,6,8,10,12H,5,7,9H2,1-3H3. The molecule has 2 heteroatoms. The summed E-state index contributed by atoms with van der Waals surface area (Å²) in [4.78, 5) is 4.81. The zero-order chi connectivity index (χ0) is 12.7. The van der Waals surface area contributed by atoms with Gasteiger partial charge in [-0.1, -0.05) is 30.7 Å². The zero-order valence-electron chi connectivity index (χ0n) is 11.4. The van der Waals surface area contributed by atoms with Crippen LogP contribution in [0, 0.1) is 19.8 Å². The van der Waals surface area contributed by atoms with Crippen molar-refractivity contribution >= 4 is 0 Å².